The lowest BCUT2D eigenvalue weighted by Crippen LogP contribution is -2.28. The van der Waals surface area contributed by atoms with Gasteiger partial charge in [-0.25, -0.2) is 9.97 Å². The molecular formula is C23H28N4O4. The number of hydrogen-bond acceptors (Lipinski definition) is 7. The summed E-state index contributed by atoms with van der Waals surface area (Å²) in [7, 11) is 1.58. The second-order valence-electron chi connectivity index (χ2n) is 7.28. The van der Waals surface area contributed by atoms with Gasteiger partial charge in [0, 0.05) is 17.5 Å². The maximum Gasteiger partial charge on any atom is 0.246 e. The van der Waals surface area contributed by atoms with Crippen LogP contribution in [0.2, 0.25) is 0 Å². The SMILES string of the molecule is COc1cc2ncnc(NC(C)c3ccccc3)c2cc1OCCCCC(O)C(N)=O. The van der Waals surface area contributed by atoms with Crippen LogP contribution in [0.3, 0.4) is 0 Å². The van der Waals surface area contributed by atoms with Crippen LogP contribution in [0.1, 0.15) is 37.8 Å². The molecule has 0 radical (unpaired) electrons. The van der Waals surface area contributed by atoms with Gasteiger partial charge in [-0.05, 0) is 37.8 Å². The van der Waals surface area contributed by atoms with E-state index in [9.17, 15) is 9.90 Å². The fourth-order valence-electron chi connectivity index (χ4n) is 3.25. The van der Waals surface area contributed by atoms with Gasteiger partial charge in [-0.15, -0.1) is 0 Å². The van der Waals surface area contributed by atoms with Crippen LogP contribution < -0.4 is 20.5 Å². The van der Waals surface area contributed by atoms with Crippen LogP contribution in [0.4, 0.5) is 5.82 Å². The highest BCUT2D eigenvalue weighted by molar-refractivity contribution is 5.91. The molecule has 8 nitrogen and oxygen atoms in total. The number of carbonyl (C=O) groups excluding carboxylic acids is 1. The molecule has 3 aromatic rings. The molecule has 1 aromatic heterocycles. The van der Waals surface area contributed by atoms with Gasteiger partial charge >= 0.3 is 0 Å². The maximum atomic E-state index is 10.9. The number of nitrogens with zero attached hydrogens (tertiary/aromatic N) is 2. The number of amides is 1. The lowest BCUT2D eigenvalue weighted by Gasteiger charge is -2.17. The smallest absolute Gasteiger partial charge is 0.246 e. The van der Waals surface area contributed by atoms with E-state index < -0.39 is 12.0 Å². The fourth-order valence-corrected chi connectivity index (χ4v) is 3.25. The Morgan fingerprint density at radius 3 is 2.65 bits per heavy atom. The van der Waals surface area contributed by atoms with Crippen molar-refractivity contribution in [1.29, 1.82) is 0 Å². The number of methoxy groups -OCH3 is 1. The van der Waals surface area contributed by atoms with E-state index in [1.165, 1.54) is 6.33 Å². The second-order valence-corrected chi connectivity index (χ2v) is 7.28. The Morgan fingerprint density at radius 1 is 1.16 bits per heavy atom. The Hall–Kier alpha value is -3.39. The van der Waals surface area contributed by atoms with Gasteiger partial charge in [0.05, 0.1) is 19.2 Å². The van der Waals surface area contributed by atoms with E-state index in [4.69, 9.17) is 15.2 Å². The zero-order valence-electron chi connectivity index (χ0n) is 17.7. The van der Waals surface area contributed by atoms with Crippen LogP contribution >= 0.6 is 0 Å². The number of nitrogens with one attached hydrogen (secondary N) is 1. The highest BCUT2D eigenvalue weighted by Crippen LogP contribution is 2.35. The third-order valence-electron chi connectivity index (χ3n) is 5.03. The number of aliphatic hydroxyl groups excluding tert-OH is 1. The molecule has 0 fully saturated rings. The number of fused-ring (bicyclic) bond motifs is 1. The van der Waals surface area contributed by atoms with Crippen molar-refractivity contribution in [2.24, 2.45) is 5.73 Å². The summed E-state index contributed by atoms with van der Waals surface area (Å²) in [5.41, 5.74) is 6.96. The predicted octanol–water partition coefficient (Wildman–Crippen LogP) is 3.21. The van der Waals surface area contributed by atoms with Gasteiger partial charge < -0.3 is 25.6 Å². The number of anilines is 1. The summed E-state index contributed by atoms with van der Waals surface area (Å²) in [5.74, 6) is 1.15. The zero-order chi connectivity index (χ0) is 22.2. The molecule has 1 amide bonds. The first-order chi connectivity index (χ1) is 15.0. The van der Waals surface area contributed by atoms with Crippen LogP contribution in [0.25, 0.3) is 10.9 Å². The normalized spacial score (nSPS) is 12.9. The summed E-state index contributed by atoms with van der Waals surface area (Å²) >= 11 is 0. The lowest BCUT2D eigenvalue weighted by molar-refractivity contribution is -0.126. The Morgan fingerprint density at radius 2 is 1.94 bits per heavy atom. The Bertz CT molecular complexity index is 1010. The quantitative estimate of drug-likeness (QED) is 0.404. The first-order valence-electron chi connectivity index (χ1n) is 10.2. The molecule has 0 saturated heterocycles. The van der Waals surface area contributed by atoms with Crippen molar-refractivity contribution >= 4 is 22.6 Å². The number of nitrogens with two attached hydrogens (primary N) is 1. The van der Waals surface area contributed by atoms with Gasteiger partial charge in [-0.2, -0.15) is 0 Å². The Kier molecular flexibility index (Phi) is 7.61. The summed E-state index contributed by atoms with van der Waals surface area (Å²) in [5, 5.41) is 13.7. The summed E-state index contributed by atoms with van der Waals surface area (Å²) in [4.78, 5) is 19.7. The van der Waals surface area contributed by atoms with Crippen molar-refractivity contribution in [3.63, 3.8) is 0 Å². The van der Waals surface area contributed by atoms with Gasteiger partial charge in [0.2, 0.25) is 5.91 Å². The average Bonchev–Trinajstić information content (AvgIpc) is 2.79. The van der Waals surface area contributed by atoms with Crippen molar-refractivity contribution in [3.8, 4) is 11.5 Å². The number of rotatable bonds is 11. The van der Waals surface area contributed by atoms with Gasteiger partial charge in [0.15, 0.2) is 11.5 Å². The monoisotopic (exact) mass is 424 g/mol. The number of unbranched alkanes of at least 4 members (excludes halogenated alkanes) is 1. The minimum atomic E-state index is -1.12. The van der Waals surface area contributed by atoms with Crippen molar-refractivity contribution in [2.75, 3.05) is 19.0 Å². The standard InChI is InChI=1S/C23H28N4O4/c1-15(16-8-4-3-5-9-16)27-23-17-12-21(20(30-2)13-18(17)25-14-26-23)31-11-7-6-10-19(28)22(24)29/h3-5,8-9,12-15,19,28H,6-7,10-11H2,1-2H3,(H2,24,29)(H,25,26,27). The number of primary amides is 1. The molecule has 0 bridgehead atoms. The van der Waals surface area contributed by atoms with Crippen molar-refractivity contribution < 1.29 is 19.4 Å². The number of aromatic nitrogens is 2. The zero-order valence-corrected chi connectivity index (χ0v) is 17.7. The van der Waals surface area contributed by atoms with Crippen LogP contribution in [-0.4, -0.2) is 40.8 Å². The minimum absolute atomic E-state index is 0.0578. The molecule has 0 spiro atoms. The highest BCUT2D eigenvalue weighted by atomic mass is 16.5. The first-order valence-corrected chi connectivity index (χ1v) is 10.2. The van der Waals surface area contributed by atoms with Crippen LogP contribution in [0.5, 0.6) is 11.5 Å². The summed E-state index contributed by atoms with van der Waals surface area (Å²) in [6.07, 6.45) is 1.99. The number of ether oxygens (including phenoxy) is 2. The van der Waals surface area contributed by atoms with Crippen molar-refractivity contribution in [1.82, 2.24) is 9.97 Å². The summed E-state index contributed by atoms with van der Waals surface area (Å²) in [6, 6.07) is 13.9. The van der Waals surface area contributed by atoms with E-state index in [0.29, 0.717) is 43.2 Å². The molecule has 2 aromatic carbocycles. The van der Waals surface area contributed by atoms with Gasteiger partial charge in [-0.3, -0.25) is 4.79 Å². The molecule has 0 saturated carbocycles. The highest BCUT2D eigenvalue weighted by Gasteiger charge is 2.14. The molecule has 0 aliphatic rings. The van der Waals surface area contributed by atoms with E-state index in [-0.39, 0.29) is 6.04 Å². The van der Waals surface area contributed by atoms with Crippen molar-refractivity contribution in [3.05, 3.63) is 54.4 Å². The van der Waals surface area contributed by atoms with Crippen LogP contribution in [-0.2, 0) is 4.79 Å². The van der Waals surface area contributed by atoms with E-state index in [1.54, 1.807) is 7.11 Å². The van der Waals surface area contributed by atoms with Gasteiger partial charge in [-0.1, -0.05) is 30.3 Å². The molecule has 2 unspecified atom stereocenters. The maximum absolute atomic E-state index is 10.9. The summed E-state index contributed by atoms with van der Waals surface area (Å²) in [6.45, 7) is 2.48. The number of carbonyl (C=O) groups is 1. The number of aliphatic hydroxyl groups is 1. The van der Waals surface area contributed by atoms with E-state index in [0.717, 1.165) is 16.5 Å². The topological polar surface area (TPSA) is 120 Å². The van der Waals surface area contributed by atoms with E-state index in [1.807, 2.05) is 30.3 Å². The number of hydrogen-bond donors (Lipinski definition) is 3. The predicted molar refractivity (Wildman–Crippen MR) is 119 cm³/mol. The molecule has 31 heavy (non-hydrogen) atoms. The van der Waals surface area contributed by atoms with Crippen LogP contribution in [0, 0.1) is 0 Å². The largest absolute Gasteiger partial charge is 0.493 e. The average molecular weight is 425 g/mol. The fraction of sp³-hybridized carbons (Fsp3) is 0.348. The molecule has 1 heterocycles. The van der Waals surface area contributed by atoms with Crippen LogP contribution in [0.15, 0.2) is 48.8 Å². The molecule has 3 rings (SSSR count). The molecule has 2 atom stereocenters. The molecule has 164 valence electrons. The molecular weight excluding hydrogens is 396 g/mol. The van der Waals surface area contributed by atoms with E-state index in [2.05, 4.69) is 34.3 Å². The first kappa shape index (κ1) is 22.3. The Balaban J connectivity index is 1.74. The Labute approximate surface area is 181 Å². The lowest BCUT2D eigenvalue weighted by atomic mass is 10.1. The van der Waals surface area contributed by atoms with E-state index >= 15 is 0 Å². The summed E-state index contributed by atoms with van der Waals surface area (Å²) < 4.78 is 11.4. The van der Waals surface area contributed by atoms with Gasteiger partial charge in [0.1, 0.15) is 18.2 Å². The molecule has 0 aliphatic carbocycles. The second kappa shape index (κ2) is 10.6. The van der Waals surface area contributed by atoms with Gasteiger partial charge in [0.25, 0.3) is 0 Å². The third kappa shape index (κ3) is 5.82. The molecule has 0 aliphatic heterocycles. The van der Waals surface area contributed by atoms with Crippen molar-refractivity contribution in [2.45, 2.75) is 38.3 Å². The number of benzene rings is 2. The molecule has 8 heteroatoms. The minimum Gasteiger partial charge on any atom is -0.493 e. The molecule has 4 N–H and O–H groups in total. The third-order valence-corrected chi connectivity index (χ3v) is 5.03.